The lowest BCUT2D eigenvalue weighted by Gasteiger charge is -2.42. The van der Waals surface area contributed by atoms with E-state index in [1.54, 1.807) is 6.92 Å². The summed E-state index contributed by atoms with van der Waals surface area (Å²) in [6.45, 7) is 5.21. The maximum atomic E-state index is 14.6. The Labute approximate surface area is 199 Å². The number of nitrogens with zero attached hydrogens (tertiary/aromatic N) is 1. The molecular formula is C23H14Cl2F5NO3. The number of carbonyl (C=O) groups is 2. The van der Waals surface area contributed by atoms with Gasteiger partial charge in [-0.25, -0.2) is 26.9 Å². The molecule has 1 heterocycles. The predicted octanol–water partition coefficient (Wildman–Crippen LogP) is 5.52. The van der Waals surface area contributed by atoms with E-state index in [0.29, 0.717) is 16.7 Å². The van der Waals surface area contributed by atoms with Gasteiger partial charge in [0.25, 0.3) is 11.8 Å². The topological polar surface area (TPSA) is 57.6 Å². The van der Waals surface area contributed by atoms with Gasteiger partial charge in [-0.1, -0.05) is 30.9 Å². The standard InChI is InChI=1S/C23H14Cl2F5NO3/c1-3-10-6-7-22(24)20(33)31(19-17(29)15(27)14(26)16(28)18(19)30)21(34)23(22,25)13(10)11-4-5-12(32)9(2)8-11/h3-6,8,13,32H,1,7H2,2H3/t13-,22-,23+/m1/s1. The highest BCUT2D eigenvalue weighted by Gasteiger charge is 2.73. The number of halogens is 7. The van der Waals surface area contributed by atoms with E-state index in [0.717, 1.165) is 0 Å². The molecule has 34 heavy (non-hydrogen) atoms. The quantitative estimate of drug-likeness (QED) is 0.191. The molecule has 1 saturated heterocycles. The van der Waals surface area contributed by atoms with Crippen LogP contribution in [0.15, 0.2) is 42.5 Å². The van der Waals surface area contributed by atoms with Crippen LogP contribution in [-0.4, -0.2) is 26.7 Å². The second-order valence-corrected chi connectivity index (χ2v) is 9.21. The van der Waals surface area contributed by atoms with Crippen LogP contribution in [0, 0.1) is 36.0 Å². The highest BCUT2D eigenvalue weighted by atomic mass is 35.5. The van der Waals surface area contributed by atoms with Crippen molar-refractivity contribution in [1.29, 1.82) is 0 Å². The Kier molecular flexibility index (Phi) is 5.57. The summed E-state index contributed by atoms with van der Waals surface area (Å²) in [5.74, 6) is -16.1. The summed E-state index contributed by atoms with van der Waals surface area (Å²) in [7, 11) is 0. The lowest BCUT2D eigenvalue weighted by Crippen LogP contribution is -2.54. The van der Waals surface area contributed by atoms with Crippen molar-refractivity contribution in [1.82, 2.24) is 0 Å². The van der Waals surface area contributed by atoms with Crippen LogP contribution in [0.4, 0.5) is 27.6 Å². The van der Waals surface area contributed by atoms with Crippen LogP contribution in [0.1, 0.15) is 23.5 Å². The molecule has 2 aliphatic rings. The monoisotopic (exact) mass is 517 g/mol. The molecule has 0 spiro atoms. The summed E-state index contributed by atoms with van der Waals surface area (Å²) in [6.07, 6.45) is 2.39. The smallest absolute Gasteiger partial charge is 0.258 e. The van der Waals surface area contributed by atoms with E-state index in [-0.39, 0.29) is 10.6 Å². The van der Waals surface area contributed by atoms with E-state index < -0.39 is 68.7 Å². The zero-order valence-electron chi connectivity index (χ0n) is 17.2. The van der Waals surface area contributed by atoms with Crippen LogP contribution in [0.3, 0.4) is 0 Å². The van der Waals surface area contributed by atoms with Crippen LogP contribution in [-0.2, 0) is 9.59 Å². The third-order valence-corrected chi connectivity index (χ3v) is 7.60. The maximum absolute atomic E-state index is 14.6. The van der Waals surface area contributed by atoms with Gasteiger partial charge >= 0.3 is 0 Å². The molecule has 3 atom stereocenters. The average molecular weight is 518 g/mol. The molecule has 178 valence electrons. The minimum Gasteiger partial charge on any atom is -0.508 e. The first-order chi connectivity index (χ1) is 15.8. The molecule has 4 nitrogen and oxygen atoms in total. The third kappa shape index (κ3) is 2.89. The number of anilines is 1. The van der Waals surface area contributed by atoms with E-state index in [4.69, 9.17) is 23.2 Å². The molecule has 1 aliphatic heterocycles. The summed E-state index contributed by atoms with van der Waals surface area (Å²) in [4.78, 5) is 21.9. The molecule has 2 amide bonds. The number of imide groups is 1. The Bertz CT molecular complexity index is 1300. The van der Waals surface area contributed by atoms with Crippen LogP contribution in [0.5, 0.6) is 5.75 Å². The summed E-state index contributed by atoms with van der Waals surface area (Å²) in [5.41, 5.74) is -0.764. The number of phenolic OH excluding ortho intramolecular Hbond substituents is 1. The van der Waals surface area contributed by atoms with Gasteiger partial charge in [0.1, 0.15) is 11.4 Å². The molecule has 0 aromatic heterocycles. The van der Waals surface area contributed by atoms with Gasteiger partial charge in [-0.15, -0.1) is 23.2 Å². The molecule has 0 saturated carbocycles. The molecule has 1 aliphatic carbocycles. The van der Waals surface area contributed by atoms with E-state index in [1.807, 2.05) is 0 Å². The largest absolute Gasteiger partial charge is 0.508 e. The number of phenols is 1. The van der Waals surface area contributed by atoms with Gasteiger partial charge in [0.05, 0.1) is 0 Å². The van der Waals surface area contributed by atoms with Gasteiger partial charge in [0, 0.05) is 5.92 Å². The molecule has 11 heteroatoms. The minimum atomic E-state index is -2.45. The number of carbonyl (C=O) groups excluding carboxylic acids is 2. The Morgan fingerprint density at radius 1 is 1.03 bits per heavy atom. The first-order valence-electron chi connectivity index (χ1n) is 9.73. The first-order valence-corrected chi connectivity index (χ1v) is 10.5. The van der Waals surface area contributed by atoms with E-state index in [9.17, 15) is 36.6 Å². The Morgan fingerprint density at radius 3 is 2.12 bits per heavy atom. The molecule has 2 aromatic rings. The van der Waals surface area contributed by atoms with Gasteiger partial charge in [-0.05, 0) is 36.1 Å². The number of fused-ring (bicyclic) bond motifs is 1. The number of rotatable bonds is 3. The molecule has 1 fully saturated rings. The molecule has 2 aromatic carbocycles. The minimum absolute atomic E-state index is 0.0821. The maximum Gasteiger partial charge on any atom is 0.258 e. The van der Waals surface area contributed by atoms with Gasteiger partial charge in [-0.2, -0.15) is 0 Å². The normalized spacial score (nSPS) is 26.5. The number of benzene rings is 2. The van der Waals surface area contributed by atoms with Gasteiger partial charge in [-0.3, -0.25) is 9.59 Å². The highest BCUT2D eigenvalue weighted by molar-refractivity contribution is 6.58. The molecule has 4 rings (SSSR count). The summed E-state index contributed by atoms with van der Waals surface area (Å²) < 4.78 is 70.5. The second-order valence-electron chi connectivity index (χ2n) is 7.97. The van der Waals surface area contributed by atoms with Crippen molar-refractivity contribution in [3.63, 3.8) is 0 Å². The Balaban J connectivity index is 2.00. The van der Waals surface area contributed by atoms with Gasteiger partial charge < -0.3 is 5.11 Å². The number of hydrogen-bond donors (Lipinski definition) is 1. The molecule has 0 radical (unpaired) electrons. The summed E-state index contributed by atoms with van der Waals surface area (Å²) >= 11 is 13.4. The van der Waals surface area contributed by atoms with Crippen molar-refractivity contribution < 1.29 is 36.6 Å². The second kappa shape index (κ2) is 7.81. The van der Waals surface area contributed by atoms with Crippen molar-refractivity contribution in [3.8, 4) is 5.75 Å². The average Bonchev–Trinajstić information content (AvgIpc) is 2.96. The van der Waals surface area contributed by atoms with Crippen molar-refractivity contribution in [2.45, 2.75) is 29.0 Å². The summed E-state index contributed by atoms with van der Waals surface area (Å²) in [5, 5.41) is 9.88. The fourth-order valence-corrected chi connectivity index (χ4v) is 5.27. The predicted molar refractivity (Wildman–Crippen MR) is 114 cm³/mol. The van der Waals surface area contributed by atoms with E-state index in [1.165, 1.54) is 30.4 Å². The lowest BCUT2D eigenvalue weighted by molar-refractivity contribution is -0.122. The number of allylic oxidation sites excluding steroid dienone is 3. The number of alkyl halides is 2. The van der Waals surface area contributed by atoms with Gasteiger partial charge in [0.15, 0.2) is 33.0 Å². The van der Waals surface area contributed by atoms with Crippen molar-refractivity contribution in [3.05, 3.63) is 82.7 Å². The molecule has 0 bridgehead atoms. The number of hydrogen-bond acceptors (Lipinski definition) is 3. The van der Waals surface area contributed by atoms with Crippen molar-refractivity contribution in [2.75, 3.05) is 4.90 Å². The van der Waals surface area contributed by atoms with Crippen molar-refractivity contribution >= 4 is 40.7 Å². The van der Waals surface area contributed by atoms with Gasteiger partial charge in [0.2, 0.25) is 5.82 Å². The zero-order valence-corrected chi connectivity index (χ0v) is 18.7. The lowest BCUT2D eigenvalue weighted by atomic mass is 9.68. The van der Waals surface area contributed by atoms with Crippen molar-refractivity contribution in [2.24, 2.45) is 0 Å². The fraction of sp³-hybridized carbons (Fsp3) is 0.217. The van der Waals surface area contributed by atoms with Crippen LogP contribution in [0.25, 0.3) is 0 Å². The number of aromatic hydroxyl groups is 1. The molecule has 0 unspecified atom stereocenters. The fourth-order valence-electron chi connectivity index (χ4n) is 4.43. The van der Waals surface area contributed by atoms with Crippen LogP contribution < -0.4 is 4.90 Å². The molecule has 1 N–H and O–H groups in total. The number of amides is 2. The Hall–Kier alpha value is -2.91. The third-order valence-electron chi connectivity index (χ3n) is 6.18. The Morgan fingerprint density at radius 2 is 1.59 bits per heavy atom. The molecular weight excluding hydrogens is 504 g/mol. The summed E-state index contributed by atoms with van der Waals surface area (Å²) in [6, 6.07) is 4.16. The van der Waals surface area contributed by atoms with E-state index in [2.05, 4.69) is 6.58 Å². The highest BCUT2D eigenvalue weighted by Crippen LogP contribution is 2.60. The SMILES string of the molecule is C=CC1=CC[C@@]2(Cl)C(=O)N(c3c(F)c(F)c(F)c(F)c3F)C(=O)[C@@]2(Cl)[C@H]1c1ccc(O)c(C)c1. The van der Waals surface area contributed by atoms with Crippen LogP contribution >= 0.6 is 23.2 Å². The first kappa shape index (κ1) is 24.2. The zero-order chi connectivity index (χ0) is 25.3. The van der Waals surface area contributed by atoms with E-state index >= 15 is 0 Å². The van der Waals surface area contributed by atoms with Crippen LogP contribution in [0.2, 0.25) is 0 Å². The number of aryl methyl sites for hydroxylation is 1.